The standard InChI is InChI=1S/C20H40N8O6/c1-11(2)15(22)18(32)27-13(7-5-9-25-20(23)24)16(30)26-12(6-3-4-8-21)17(31)28-14(10-29)19(33)34/h11-15,29H,3-10,21-22H2,1-2H3,(H,26,30)(H,27,32)(H,28,31)(H,33,34)(H4,23,24,25). The van der Waals surface area contributed by atoms with E-state index in [2.05, 4.69) is 20.9 Å². The minimum atomic E-state index is -1.53. The van der Waals surface area contributed by atoms with Crippen LogP contribution in [-0.4, -0.2) is 83.7 Å². The normalized spacial score (nSPS) is 14.4. The van der Waals surface area contributed by atoms with Crippen molar-refractivity contribution in [3.8, 4) is 0 Å². The largest absolute Gasteiger partial charge is 0.480 e. The first-order valence-electron chi connectivity index (χ1n) is 11.2. The van der Waals surface area contributed by atoms with E-state index < -0.39 is 54.5 Å². The number of rotatable bonds is 17. The molecule has 0 rings (SSSR count). The lowest BCUT2D eigenvalue weighted by Crippen LogP contribution is -2.57. The number of aliphatic carboxylic acids is 1. The van der Waals surface area contributed by atoms with Gasteiger partial charge in [0.2, 0.25) is 17.7 Å². The second-order valence-electron chi connectivity index (χ2n) is 8.21. The zero-order valence-electron chi connectivity index (χ0n) is 19.8. The Morgan fingerprint density at radius 2 is 1.35 bits per heavy atom. The molecule has 3 amide bonds. The number of carbonyl (C=O) groups is 4. The predicted octanol–water partition coefficient (Wildman–Crippen LogP) is -3.32. The first-order valence-corrected chi connectivity index (χ1v) is 11.2. The molecule has 0 spiro atoms. The van der Waals surface area contributed by atoms with Crippen molar-refractivity contribution in [2.24, 2.45) is 33.8 Å². The molecule has 0 fully saturated rings. The summed E-state index contributed by atoms with van der Waals surface area (Å²) in [5.41, 5.74) is 22.0. The fourth-order valence-corrected chi connectivity index (χ4v) is 2.83. The lowest BCUT2D eigenvalue weighted by molar-refractivity contribution is -0.143. The van der Waals surface area contributed by atoms with E-state index in [1.54, 1.807) is 13.8 Å². The topological polar surface area (TPSA) is 261 Å². The number of aliphatic hydroxyl groups is 1. The summed E-state index contributed by atoms with van der Waals surface area (Å²) in [6.07, 6.45) is 1.73. The van der Waals surface area contributed by atoms with E-state index in [0.29, 0.717) is 25.8 Å². The fraction of sp³-hybridized carbons (Fsp3) is 0.750. The molecule has 0 aromatic rings. The lowest BCUT2D eigenvalue weighted by Gasteiger charge is -2.25. The molecule has 4 unspecified atom stereocenters. The Labute approximate surface area is 199 Å². The van der Waals surface area contributed by atoms with E-state index in [1.165, 1.54) is 0 Å². The zero-order chi connectivity index (χ0) is 26.3. The van der Waals surface area contributed by atoms with E-state index >= 15 is 0 Å². The molecule has 34 heavy (non-hydrogen) atoms. The molecule has 0 heterocycles. The maximum Gasteiger partial charge on any atom is 0.328 e. The van der Waals surface area contributed by atoms with Crippen molar-refractivity contribution >= 4 is 29.7 Å². The molecule has 0 bridgehead atoms. The van der Waals surface area contributed by atoms with Crippen LogP contribution in [0.5, 0.6) is 0 Å². The molecule has 0 radical (unpaired) electrons. The van der Waals surface area contributed by atoms with Gasteiger partial charge in [0.15, 0.2) is 5.96 Å². The van der Waals surface area contributed by atoms with Crippen molar-refractivity contribution < 1.29 is 29.4 Å². The number of nitrogens with one attached hydrogen (secondary N) is 3. The number of amides is 3. The van der Waals surface area contributed by atoms with Crippen LogP contribution in [0.2, 0.25) is 0 Å². The third-order valence-corrected chi connectivity index (χ3v) is 4.98. The average molecular weight is 489 g/mol. The van der Waals surface area contributed by atoms with Gasteiger partial charge in [0, 0.05) is 6.54 Å². The number of guanidine groups is 1. The van der Waals surface area contributed by atoms with Crippen LogP contribution in [0.4, 0.5) is 0 Å². The van der Waals surface area contributed by atoms with Gasteiger partial charge in [-0.3, -0.25) is 19.4 Å². The number of aliphatic hydroxyl groups excluding tert-OH is 1. The van der Waals surface area contributed by atoms with E-state index in [9.17, 15) is 24.3 Å². The molecule has 0 aromatic heterocycles. The molecular formula is C20H40N8O6. The van der Waals surface area contributed by atoms with Crippen LogP contribution in [-0.2, 0) is 19.2 Å². The Morgan fingerprint density at radius 1 is 0.853 bits per heavy atom. The van der Waals surface area contributed by atoms with Crippen LogP contribution in [0.25, 0.3) is 0 Å². The molecule has 13 N–H and O–H groups in total. The van der Waals surface area contributed by atoms with Crippen molar-refractivity contribution in [3.05, 3.63) is 0 Å². The summed E-state index contributed by atoms with van der Waals surface area (Å²) in [7, 11) is 0. The molecule has 0 saturated carbocycles. The molecule has 14 heteroatoms. The number of carbonyl (C=O) groups excluding carboxylic acids is 3. The highest BCUT2D eigenvalue weighted by Crippen LogP contribution is 2.06. The third kappa shape index (κ3) is 12.3. The number of unbranched alkanes of at least 4 members (excludes halogenated alkanes) is 1. The number of nitrogens with two attached hydrogens (primary N) is 4. The van der Waals surface area contributed by atoms with Crippen LogP contribution in [0.3, 0.4) is 0 Å². The quantitative estimate of drug-likeness (QED) is 0.0558. The van der Waals surface area contributed by atoms with Gasteiger partial charge in [0.05, 0.1) is 12.6 Å². The number of hydrogen-bond acceptors (Lipinski definition) is 8. The first-order chi connectivity index (χ1) is 15.9. The number of carboxylic acids is 1. The Morgan fingerprint density at radius 3 is 1.79 bits per heavy atom. The molecule has 14 nitrogen and oxygen atoms in total. The van der Waals surface area contributed by atoms with E-state index in [-0.39, 0.29) is 31.3 Å². The smallest absolute Gasteiger partial charge is 0.328 e. The van der Waals surface area contributed by atoms with Crippen molar-refractivity contribution in [1.82, 2.24) is 16.0 Å². The highest BCUT2D eigenvalue weighted by atomic mass is 16.4. The van der Waals surface area contributed by atoms with E-state index in [4.69, 9.17) is 28.0 Å². The highest BCUT2D eigenvalue weighted by molar-refractivity contribution is 5.94. The Balaban J connectivity index is 5.52. The number of aliphatic imine (C=N–C) groups is 1. The van der Waals surface area contributed by atoms with E-state index in [1.807, 2.05) is 0 Å². The number of hydrogen-bond donors (Lipinski definition) is 9. The van der Waals surface area contributed by atoms with Crippen LogP contribution < -0.4 is 38.9 Å². The Bertz CT molecular complexity index is 699. The van der Waals surface area contributed by atoms with E-state index in [0.717, 1.165) is 0 Å². The second kappa shape index (κ2) is 16.6. The summed E-state index contributed by atoms with van der Waals surface area (Å²) in [5.74, 6) is -3.68. The molecule has 0 aliphatic heterocycles. The van der Waals surface area contributed by atoms with Crippen molar-refractivity contribution in [1.29, 1.82) is 0 Å². The van der Waals surface area contributed by atoms with Crippen molar-refractivity contribution in [2.75, 3.05) is 19.7 Å². The van der Waals surface area contributed by atoms with Gasteiger partial charge in [-0.05, 0) is 44.6 Å². The van der Waals surface area contributed by atoms with Crippen LogP contribution in [0.1, 0.15) is 46.0 Å². The molecule has 0 aromatic carbocycles. The fourth-order valence-electron chi connectivity index (χ4n) is 2.83. The van der Waals surface area contributed by atoms with Gasteiger partial charge in [-0.25, -0.2) is 4.79 Å². The maximum absolute atomic E-state index is 13.0. The van der Waals surface area contributed by atoms with Crippen molar-refractivity contribution in [3.63, 3.8) is 0 Å². The van der Waals surface area contributed by atoms with Crippen molar-refractivity contribution in [2.45, 2.75) is 70.1 Å². The van der Waals surface area contributed by atoms with Gasteiger partial charge in [-0.1, -0.05) is 13.8 Å². The zero-order valence-corrected chi connectivity index (χ0v) is 19.8. The van der Waals surface area contributed by atoms with Gasteiger partial charge in [-0.15, -0.1) is 0 Å². The summed E-state index contributed by atoms with van der Waals surface area (Å²) in [6.45, 7) is 3.29. The van der Waals surface area contributed by atoms with Gasteiger partial charge < -0.3 is 49.1 Å². The number of nitrogens with zero attached hydrogens (tertiary/aromatic N) is 1. The summed E-state index contributed by atoms with van der Waals surface area (Å²) < 4.78 is 0. The average Bonchev–Trinajstić information content (AvgIpc) is 2.77. The number of carboxylic acid groups (broad SMARTS) is 1. The van der Waals surface area contributed by atoms with Gasteiger partial charge in [0.25, 0.3) is 0 Å². The van der Waals surface area contributed by atoms with Gasteiger partial charge in [0.1, 0.15) is 18.1 Å². The first kappa shape index (κ1) is 31.0. The second-order valence-corrected chi connectivity index (χ2v) is 8.21. The SMILES string of the molecule is CC(C)C(N)C(=O)NC(CCCN=C(N)N)C(=O)NC(CCCCN)C(=O)NC(CO)C(=O)O. The summed E-state index contributed by atoms with van der Waals surface area (Å²) in [4.78, 5) is 53.1. The monoisotopic (exact) mass is 488 g/mol. The minimum Gasteiger partial charge on any atom is -0.480 e. The summed E-state index contributed by atoms with van der Waals surface area (Å²) in [5, 5.41) is 25.6. The molecule has 0 aliphatic rings. The van der Waals surface area contributed by atoms with Gasteiger partial charge in [-0.2, -0.15) is 0 Å². The lowest BCUT2D eigenvalue weighted by atomic mass is 10.0. The highest BCUT2D eigenvalue weighted by Gasteiger charge is 2.30. The third-order valence-electron chi connectivity index (χ3n) is 4.98. The van der Waals surface area contributed by atoms with Crippen LogP contribution >= 0.6 is 0 Å². The molecule has 0 aliphatic carbocycles. The maximum atomic E-state index is 13.0. The molecule has 196 valence electrons. The molecule has 0 saturated heterocycles. The predicted molar refractivity (Wildman–Crippen MR) is 126 cm³/mol. The summed E-state index contributed by atoms with van der Waals surface area (Å²) in [6, 6.07) is -4.52. The summed E-state index contributed by atoms with van der Waals surface area (Å²) >= 11 is 0. The Hall–Kier alpha value is -2.97. The van der Waals surface area contributed by atoms with Crippen LogP contribution in [0, 0.1) is 5.92 Å². The van der Waals surface area contributed by atoms with Gasteiger partial charge >= 0.3 is 5.97 Å². The Kier molecular flexibility index (Phi) is 15.2. The molecule has 4 atom stereocenters. The minimum absolute atomic E-state index is 0.111. The van der Waals surface area contributed by atoms with Crippen LogP contribution in [0.15, 0.2) is 4.99 Å². The molecular weight excluding hydrogens is 448 g/mol.